The van der Waals surface area contributed by atoms with E-state index in [9.17, 15) is 18.0 Å². The fraction of sp³-hybridized carbons (Fsp3) is 0.364. The number of hydrogen-bond acceptors (Lipinski definition) is 6. The molecule has 9 heteroatoms. The lowest BCUT2D eigenvalue weighted by atomic mass is 9.87. The summed E-state index contributed by atoms with van der Waals surface area (Å²) in [5.41, 5.74) is 4.77. The normalized spacial score (nSPS) is 19.8. The first-order valence-corrected chi connectivity index (χ1v) is 11.7. The van der Waals surface area contributed by atoms with E-state index in [1.54, 1.807) is 30.3 Å². The van der Waals surface area contributed by atoms with Gasteiger partial charge in [0.05, 0.1) is 29.4 Å². The highest BCUT2D eigenvalue weighted by atomic mass is 32.2. The second kappa shape index (κ2) is 7.52. The summed E-state index contributed by atoms with van der Waals surface area (Å²) in [6.07, 6.45) is 0.735. The molecule has 8 nitrogen and oxygen atoms in total. The zero-order valence-corrected chi connectivity index (χ0v) is 18.0. The molecule has 5 rings (SSSR count). The highest BCUT2D eigenvalue weighted by Gasteiger charge is 2.34. The molecule has 2 aromatic rings. The number of hydrogen-bond donors (Lipinski definition) is 1. The van der Waals surface area contributed by atoms with Crippen molar-refractivity contribution in [1.82, 2.24) is 9.21 Å². The minimum Gasteiger partial charge on any atom is -0.379 e. The molecule has 0 atom stereocenters. The van der Waals surface area contributed by atoms with Crippen molar-refractivity contribution < 1.29 is 22.7 Å². The molecular formula is C22H23N3O5S. The minimum absolute atomic E-state index is 0.234. The summed E-state index contributed by atoms with van der Waals surface area (Å²) in [4.78, 5) is 26.8. The van der Waals surface area contributed by atoms with Crippen LogP contribution in [-0.2, 0) is 32.5 Å². The number of ether oxygens (including phenoxy) is 1. The highest BCUT2D eigenvalue weighted by Crippen LogP contribution is 2.40. The van der Waals surface area contributed by atoms with Gasteiger partial charge < -0.3 is 15.0 Å². The molecule has 1 amide bonds. The monoisotopic (exact) mass is 441 g/mol. The Balaban J connectivity index is 1.57. The van der Waals surface area contributed by atoms with Crippen molar-refractivity contribution in [3.63, 3.8) is 0 Å². The average molecular weight is 442 g/mol. The van der Waals surface area contributed by atoms with Crippen LogP contribution < -0.4 is 5.32 Å². The summed E-state index contributed by atoms with van der Waals surface area (Å²) in [6.45, 7) is 3.01. The van der Waals surface area contributed by atoms with Crippen LogP contribution in [0, 0.1) is 0 Å². The standard InChI is InChI=1S/C22H23N3O5S/c1-24-7-6-16-19(13-24)17(12-18-20(16)23-22(27)21(18)26)14-2-4-15(5-3-14)31(28,29)25-8-10-30-11-9-25/h2-5,12H,6-11,13H2,1H3,(H,23,26,27). The number of sulfonamides is 1. The first-order valence-electron chi connectivity index (χ1n) is 10.3. The smallest absolute Gasteiger partial charge is 0.296 e. The van der Waals surface area contributed by atoms with Crippen LogP contribution in [-0.4, -0.2) is 69.2 Å². The Morgan fingerprint density at radius 2 is 1.68 bits per heavy atom. The second-order valence-corrected chi connectivity index (χ2v) is 10.1. The Bertz CT molecular complexity index is 1180. The summed E-state index contributed by atoms with van der Waals surface area (Å²) >= 11 is 0. The number of amides is 1. The van der Waals surface area contributed by atoms with Gasteiger partial charge >= 0.3 is 0 Å². The van der Waals surface area contributed by atoms with Crippen LogP contribution >= 0.6 is 0 Å². The highest BCUT2D eigenvalue weighted by molar-refractivity contribution is 7.89. The molecular weight excluding hydrogens is 418 g/mol. The molecule has 0 saturated carbocycles. The van der Waals surface area contributed by atoms with Crippen LogP contribution in [0.15, 0.2) is 35.2 Å². The van der Waals surface area contributed by atoms with E-state index in [4.69, 9.17) is 4.74 Å². The number of rotatable bonds is 3. The third kappa shape index (κ3) is 3.38. The van der Waals surface area contributed by atoms with Crippen LogP contribution in [0.2, 0.25) is 0 Å². The number of likely N-dealkylation sites (N-methyl/N-ethyl adjacent to an activating group) is 1. The molecule has 3 aliphatic rings. The maximum absolute atomic E-state index is 12.9. The van der Waals surface area contributed by atoms with Gasteiger partial charge in [0.2, 0.25) is 10.0 Å². The summed E-state index contributed by atoms with van der Waals surface area (Å²) in [5, 5.41) is 2.73. The minimum atomic E-state index is -3.58. The van der Waals surface area contributed by atoms with E-state index >= 15 is 0 Å². The van der Waals surface area contributed by atoms with Gasteiger partial charge in [0, 0.05) is 26.2 Å². The number of fused-ring (bicyclic) bond motifs is 3. The summed E-state index contributed by atoms with van der Waals surface area (Å²) in [6, 6.07) is 8.53. The number of nitrogens with one attached hydrogen (secondary N) is 1. The Labute approximate surface area is 180 Å². The molecule has 0 aromatic heterocycles. The third-order valence-corrected chi connectivity index (χ3v) is 8.10. The number of anilines is 1. The van der Waals surface area contributed by atoms with E-state index in [2.05, 4.69) is 10.2 Å². The van der Waals surface area contributed by atoms with Crippen molar-refractivity contribution >= 4 is 27.4 Å². The predicted octanol–water partition coefficient (Wildman–Crippen LogP) is 1.50. The summed E-state index contributed by atoms with van der Waals surface area (Å²) < 4.78 is 32.5. The van der Waals surface area contributed by atoms with Gasteiger partial charge in [0.25, 0.3) is 11.7 Å². The Hall–Kier alpha value is -2.59. The Morgan fingerprint density at radius 3 is 2.39 bits per heavy atom. The molecule has 31 heavy (non-hydrogen) atoms. The number of ketones is 1. The van der Waals surface area contributed by atoms with E-state index in [0.29, 0.717) is 44.1 Å². The first kappa shape index (κ1) is 20.3. The van der Waals surface area contributed by atoms with Gasteiger partial charge in [-0.05, 0) is 53.9 Å². The molecule has 1 N–H and O–H groups in total. The lowest BCUT2D eigenvalue weighted by Crippen LogP contribution is -2.40. The van der Waals surface area contributed by atoms with Gasteiger partial charge in [-0.3, -0.25) is 9.59 Å². The first-order chi connectivity index (χ1) is 14.9. The van der Waals surface area contributed by atoms with Crippen LogP contribution in [0.4, 0.5) is 5.69 Å². The zero-order chi connectivity index (χ0) is 21.8. The number of benzene rings is 2. The average Bonchev–Trinajstić information content (AvgIpc) is 3.07. The molecule has 3 heterocycles. The maximum Gasteiger partial charge on any atom is 0.296 e. The van der Waals surface area contributed by atoms with E-state index in [1.807, 2.05) is 7.05 Å². The topological polar surface area (TPSA) is 96.0 Å². The predicted molar refractivity (Wildman–Crippen MR) is 114 cm³/mol. The molecule has 162 valence electrons. The van der Waals surface area contributed by atoms with Crippen molar-refractivity contribution in [3.05, 3.63) is 47.0 Å². The summed E-state index contributed by atoms with van der Waals surface area (Å²) in [5.74, 6) is -1.12. The van der Waals surface area contributed by atoms with Crippen LogP contribution in [0.3, 0.4) is 0 Å². The van der Waals surface area contributed by atoms with Crippen molar-refractivity contribution in [2.24, 2.45) is 0 Å². The third-order valence-electron chi connectivity index (χ3n) is 6.18. The molecule has 1 saturated heterocycles. The van der Waals surface area contributed by atoms with Gasteiger partial charge in [0.1, 0.15) is 0 Å². The maximum atomic E-state index is 12.9. The number of carbonyl (C=O) groups excluding carboxylic acids is 2. The number of Topliss-reactive ketones (excluding diaryl/α,β-unsaturated/α-hetero) is 1. The number of carbonyl (C=O) groups is 2. The number of morpholine rings is 1. The lowest BCUT2D eigenvalue weighted by molar-refractivity contribution is -0.112. The van der Waals surface area contributed by atoms with Crippen LogP contribution in [0.1, 0.15) is 21.5 Å². The summed E-state index contributed by atoms with van der Waals surface area (Å²) in [7, 11) is -1.55. The van der Waals surface area contributed by atoms with Crippen LogP contribution in [0.5, 0.6) is 0 Å². The van der Waals surface area contributed by atoms with E-state index in [1.165, 1.54) is 4.31 Å². The molecule has 0 spiro atoms. The lowest BCUT2D eigenvalue weighted by Gasteiger charge is -2.29. The van der Waals surface area contributed by atoms with Gasteiger partial charge in [-0.1, -0.05) is 12.1 Å². The zero-order valence-electron chi connectivity index (χ0n) is 17.2. The van der Waals surface area contributed by atoms with Crippen molar-refractivity contribution in [3.8, 4) is 11.1 Å². The van der Waals surface area contributed by atoms with E-state index in [0.717, 1.165) is 35.2 Å². The van der Waals surface area contributed by atoms with Gasteiger partial charge in [-0.2, -0.15) is 4.31 Å². The molecule has 3 aliphatic heterocycles. The fourth-order valence-electron chi connectivity index (χ4n) is 4.50. The molecule has 1 fully saturated rings. The van der Waals surface area contributed by atoms with Crippen molar-refractivity contribution in [2.45, 2.75) is 17.9 Å². The molecule has 0 bridgehead atoms. The molecule has 0 radical (unpaired) electrons. The second-order valence-electron chi connectivity index (χ2n) is 8.12. The van der Waals surface area contributed by atoms with Gasteiger partial charge in [-0.25, -0.2) is 8.42 Å². The fourth-order valence-corrected chi connectivity index (χ4v) is 5.91. The molecule has 0 aliphatic carbocycles. The van der Waals surface area contributed by atoms with Crippen molar-refractivity contribution in [1.29, 1.82) is 0 Å². The van der Waals surface area contributed by atoms with Crippen molar-refractivity contribution in [2.75, 3.05) is 45.2 Å². The van der Waals surface area contributed by atoms with E-state index < -0.39 is 21.7 Å². The molecule has 2 aromatic carbocycles. The largest absolute Gasteiger partial charge is 0.379 e. The van der Waals surface area contributed by atoms with Gasteiger partial charge in [-0.15, -0.1) is 0 Å². The SMILES string of the molecule is CN1CCc2c(c(-c3ccc(S(=O)(=O)N4CCOCC4)cc3)cc3c2NC(=O)C3=O)C1. The van der Waals surface area contributed by atoms with Gasteiger partial charge in [0.15, 0.2) is 0 Å². The van der Waals surface area contributed by atoms with E-state index in [-0.39, 0.29) is 4.90 Å². The van der Waals surface area contributed by atoms with Crippen LogP contribution in [0.25, 0.3) is 11.1 Å². The quantitative estimate of drug-likeness (QED) is 0.726. The molecule has 0 unspecified atom stereocenters. The number of nitrogens with zero attached hydrogens (tertiary/aromatic N) is 2. The Kier molecular flexibility index (Phi) is 4.93. The Morgan fingerprint density at radius 1 is 0.968 bits per heavy atom.